The third-order valence-electron chi connectivity index (χ3n) is 5.07. The highest BCUT2D eigenvalue weighted by molar-refractivity contribution is 6.04. The van der Waals surface area contributed by atoms with Crippen molar-refractivity contribution in [2.75, 3.05) is 13.1 Å². The second-order valence-corrected chi connectivity index (χ2v) is 7.09. The van der Waals surface area contributed by atoms with E-state index in [2.05, 4.69) is 15.2 Å². The van der Waals surface area contributed by atoms with Gasteiger partial charge < -0.3 is 15.2 Å². The first-order valence-corrected chi connectivity index (χ1v) is 9.06. The van der Waals surface area contributed by atoms with Gasteiger partial charge in [-0.15, -0.1) is 0 Å². The number of aromatic nitrogens is 4. The van der Waals surface area contributed by atoms with Gasteiger partial charge in [-0.05, 0) is 31.9 Å². The average Bonchev–Trinajstić information content (AvgIpc) is 3.27. The number of carbonyl (C=O) groups is 2. The smallest absolute Gasteiger partial charge is 0.275 e. The predicted molar refractivity (Wildman–Crippen MR) is 100 cm³/mol. The van der Waals surface area contributed by atoms with Gasteiger partial charge in [0, 0.05) is 36.8 Å². The first-order chi connectivity index (χ1) is 13.0. The molecule has 1 unspecified atom stereocenters. The second kappa shape index (κ2) is 6.86. The number of hydrogen-bond acceptors (Lipinski definition) is 4. The number of imidazole rings is 1. The number of primary amides is 1. The number of carbonyl (C=O) groups excluding carboxylic acids is 2. The maximum Gasteiger partial charge on any atom is 0.275 e. The van der Waals surface area contributed by atoms with Gasteiger partial charge in [0.1, 0.15) is 12.4 Å². The molecule has 0 spiro atoms. The number of nitrogens with one attached hydrogen (secondary N) is 1. The van der Waals surface area contributed by atoms with Gasteiger partial charge >= 0.3 is 0 Å². The number of aryl methyl sites for hydroxylation is 1. The molecule has 1 aromatic carbocycles. The lowest BCUT2D eigenvalue weighted by molar-refractivity contribution is -0.118. The van der Waals surface area contributed by atoms with Crippen molar-refractivity contribution in [3.63, 3.8) is 0 Å². The van der Waals surface area contributed by atoms with Crippen LogP contribution in [0.4, 0.5) is 0 Å². The van der Waals surface area contributed by atoms with E-state index >= 15 is 0 Å². The van der Waals surface area contributed by atoms with Gasteiger partial charge in [0.05, 0.1) is 5.52 Å². The van der Waals surface area contributed by atoms with Crippen LogP contribution in [0.1, 0.15) is 40.6 Å². The van der Waals surface area contributed by atoms with Crippen molar-refractivity contribution < 1.29 is 9.59 Å². The minimum Gasteiger partial charge on any atom is -0.368 e. The number of amides is 2. The standard InChI is InChI=1S/C19H22N6O2/c1-12-4-5-15-14(9-12)17(23-22-15)19(27)25-7-2-3-13(10-25)18-21-6-8-24(18)11-16(20)26/h4-6,8-9,13H,2-3,7,10-11H2,1H3,(H2,20,26)(H,22,23). The molecule has 0 saturated carbocycles. The van der Waals surface area contributed by atoms with Gasteiger partial charge in [-0.25, -0.2) is 4.98 Å². The molecule has 0 bridgehead atoms. The van der Waals surface area contributed by atoms with Gasteiger partial charge in [0.15, 0.2) is 5.69 Å². The van der Waals surface area contributed by atoms with E-state index in [1.807, 2.05) is 30.0 Å². The van der Waals surface area contributed by atoms with Gasteiger partial charge in [0.2, 0.25) is 5.91 Å². The molecule has 0 radical (unpaired) electrons. The molecule has 2 aromatic heterocycles. The van der Waals surface area contributed by atoms with Crippen LogP contribution >= 0.6 is 0 Å². The lowest BCUT2D eigenvalue weighted by atomic mass is 9.96. The third kappa shape index (κ3) is 3.30. The van der Waals surface area contributed by atoms with Crippen molar-refractivity contribution in [1.29, 1.82) is 0 Å². The van der Waals surface area contributed by atoms with Crippen molar-refractivity contribution in [3.8, 4) is 0 Å². The van der Waals surface area contributed by atoms with Crippen LogP contribution in [0.2, 0.25) is 0 Å². The number of rotatable bonds is 4. The summed E-state index contributed by atoms with van der Waals surface area (Å²) in [5, 5.41) is 8.04. The Bertz CT molecular complexity index is 1000. The Hall–Kier alpha value is -3.16. The van der Waals surface area contributed by atoms with Gasteiger partial charge in [-0.3, -0.25) is 14.7 Å². The van der Waals surface area contributed by atoms with Crippen molar-refractivity contribution in [3.05, 3.63) is 47.7 Å². The summed E-state index contributed by atoms with van der Waals surface area (Å²) in [5.41, 5.74) is 7.72. The van der Waals surface area contributed by atoms with Crippen LogP contribution in [-0.4, -0.2) is 49.6 Å². The minimum absolute atomic E-state index is 0.0731. The molecule has 3 N–H and O–H groups in total. The number of likely N-dealkylation sites (tertiary alicyclic amines) is 1. The van der Waals surface area contributed by atoms with Crippen molar-refractivity contribution in [1.82, 2.24) is 24.6 Å². The molecule has 8 nitrogen and oxygen atoms in total. The molecule has 3 heterocycles. The number of aromatic amines is 1. The Morgan fingerprint density at radius 3 is 3.04 bits per heavy atom. The predicted octanol–water partition coefficient (Wildman–Crippen LogP) is 1.57. The normalized spacial score (nSPS) is 17.4. The van der Waals surface area contributed by atoms with Crippen LogP contribution < -0.4 is 5.73 Å². The Morgan fingerprint density at radius 2 is 2.22 bits per heavy atom. The van der Waals surface area contributed by atoms with E-state index in [4.69, 9.17) is 5.73 Å². The average molecular weight is 366 g/mol. The van der Waals surface area contributed by atoms with Crippen LogP contribution in [0.15, 0.2) is 30.6 Å². The molecule has 1 aliphatic rings. The molecule has 1 aliphatic heterocycles. The molecule has 27 heavy (non-hydrogen) atoms. The number of piperidine rings is 1. The highest BCUT2D eigenvalue weighted by Crippen LogP contribution is 2.28. The number of H-pyrrole nitrogens is 1. The highest BCUT2D eigenvalue weighted by Gasteiger charge is 2.30. The maximum absolute atomic E-state index is 13.1. The Balaban J connectivity index is 1.58. The van der Waals surface area contributed by atoms with E-state index in [1.54, 1.807) is 17.0 Å². The SMILES string of the molecule is Cc1ccc2[nH]nc(C(=O)N3CCCC(c4nccn4CC(N)=O)C3)c2c1. The van der Waals surface area contributed by atoms with E-state index < -0.39 is 5.91 Å². The fourth-order valence-corrected chi connectivity index (χ4v) is 3.80. The van der Waals surface area contributed by atoms with E-state index in [0.717, 1.165) is 35.1 Å². The molecular formula is C19H22N6O2. The summed E-state index contributed by atoms with van der Waals surface area (Å²) in [4.78, 5) is 30.6. The van der Waals surface area contributed by atoms with E-state index in [9.17, 15) is 9.59 Å². The first-order valence-electron chi connectivity index (χ1n) is 9.06. The monoisotopic (exact) mass is 366 g/mol. The molecule has 1 fully saturated rings. The first kappa shape index (κ1) is 17.3. The molecule has 4 rings (SSSR count). The molecule has 3 aromatic rings. The fraction of sp³-hybridized carbons (Fsp3) is 0.368. The van der Waals surface area contributed by atoms with Crippen LogP contribution in [0.5, 0.6) is 0 Å². The summed E-state index contributed by atoms with van der Waals surface area (Å²) in [6.45, 7) is 3.33. The lowest BCUT2D eigenvalue weighted by Gasteiger charge is -2.32. The number of nitrogens with zero attached hydrogens (tertiary/aromatic N) is 4. The molecular weight excluding hydrogens is 344 g/mol. The fourth-order valence-electron chi connectivity index (χ4n) is 3.80. The number of nitrogens with two attached hydrogens (primary N) is 1. The largest absolute Gasteiger partial charge is 0.368 e. The molecule has 1 saturated heterocycles. The van der Waals surface area contributed by atoms with Crippen LogP contribution in [0.3, 0.4) is 0 Å². The second-order valence-electron chi connectivity index (χ2n) is 7.09. The zero-order chi connectivity index (χ0) is 19.0. The van der Waals surface area contributed by atoms with Crippen molar-refractivity contribution >= 4 is 22.7 Å². The minimum atomic E-state index is -0.406. The van der Waals surface area contributed by atoms with Gasteiger partial charge in [-0.2, -0.15) is 5.10 Å². The number of fused-ring (bicyclic) bond motifs is 1. The molecule has 2 amide bonds. The summed E-state index contributed by atoms with van der Waals surface area (Å²) >= 11 is 0. The lowest BCUT2D eigenvalue weighted by Crippen LogP contribution is -2.40. The van der Waals surface area contributed by atoms with E-state index in [-0.39, 0.29) is 18.4 Å². The summed E-state index contributed by atoms with van der Waals surface area (Å²) in [6.07, 6.45) is 5.22. The van der Waals surface area contributed by atoms with Crippen molar-refractivity contribution in [2.24, 2.45) is 5.73 Å². The van der Waals surface area contributed by atoms with Crippen LogP contribution in [-0.2, 0) is 11.3 Å². The quantitative estimate of drug-likeness (QED) is 0.730. The van der Waals surface area contributed by atoms with Crippen LogP contribution in [0.25, 0.3) is 10.9 Å². The highest BCUT2D eigenvalue weighted by atomic mass is 16.2. The topological polar surface area (TPSA) is 110 Å². The third-order valence-corrected chi connectivity index (χ3v) is 5.07. The Kier molecular flexibility index (Phi) is 4.39. The number of hydrogen-bond donors (Lipinski definition) is 2. The molecule has 8 heteroatoms. The van der Waals surface area contributed by atoms with E-state index in [1.165, 1.54) is 0 Å². The zero-order valence-electron chi connectivity index (χ0n) is 15.2. The maximum atomic E-state index is 13.1. The van der Waals surface area contributed by atoms with Crippen molar-refractivity contribution in [2.45, 2.75) is 32.2 Å². The van der Waals surface area contributed by atoms with Gasteiger partial charge in [-0.1, -0.05) is 11.6 Å². The summed E-state index contributed by atoms with van der Waals surface area (Å²) in [5.74, 6) is 0.388. The Morgan fingerprint density at radius 1 is 1.37 bits per heavy atom. The number of benzene rings is 1. The summed E-state index contributed by atoms with van der Waals surface area (Å²) < 4.78 is 1.77. The zero-order valence-corrected chi connectivity index (χ0v) is 15.2. The Labute approximate surface area is 156 Å². The van der Waals surface area contributed by atoms with Crippen LogP contribution in [0, 0.1) is 6.92 Å². The van der Waals surface area contributed by atoms with E-state index in [0.29, 0.717) is 18.8 Å². The molecule has 1 atom stereocenters. The van der Waals surface area contributed by atoms with Gasteiger partial charge in [0.25, 0.3) is 5.91 Å². The molecule has 140 valence electrons. The summed E-state index contributed by atoms with van der Waals surface area (Å²) in [6, 6.07) is 5.91. The summed E-state index contributed by atoms with van der Waals surface area (Å²) in [7, 11) is 0. The molecule has 0 aliphatic carbocycles.